The van der Waals surface area contributed by atoms with Gasteiger partial charge in [0.05, 0.1) is 0 Å². The minimum Gasteiger partial charge on any atom is -0.396 e. The van der Waals surface area contributed by atoms with Crippen LogP contribution in [0.25, 0.3) is 11.5 Å². The number of pyridine rings is 1. The lowest BCUT2D eigenvalue weighted by molar-refractivity contribution is 0.281. The topological polar surface area (TPSA) is 81.2 Å². The first kappa shape index (κ1) is 12.5. The fourth-order valence-electron chi connectivity index (χ4n) is 1.70. The number of nitrogens with zero attached hydrogens (tertiary/aromatic N) is 3. The predicted octanol–water partition coefficient (Wildman–Crippen LogP) is 1.06. The molecule has 0 amide bonds. The molecule has 6 heteroatoms. The largest absolute Gasteiger partial charge is 0.441 e. The van der Waals surface area contributed by atoms with Gasteiger partial charge in [-0.05, 0) is 31.4 Å². The Kier molecular flexibility index (Phi) is 4.25. The number of rotatable bonds is 6. The van der Waals surface area contributed by atoms with Gasteiger partial charge in [0.1, 0.15) is 5.69 Å². The van der Waals surface area contributed by atoms with Crippen molar-refractivity contribution in [2.45, 2.75) is 25.8 Å². The average molecular weight is 249 g/mol. The molecule has 2 rings (SSSR count). The highest BCUT2D eigenvalue weighted by Crippen LogP contribution is 2.12. The summed E-state index contributed by atoms with van der Waals surface area (Å²) in [5, 5.41) is 12.4. The summed E-state index contributed by atoms with van der Waals surface area (Å²) in [4.78, 5) is 15.7. The van der Waals surface area contributed by atoms with Crippen LogP contribution in [-0.4, -0.2) is 26.4 Å². The maximum atomic E-state index is 11.5. The molecule has 96 valence electrons. The third-order valence-corrected chi connectivity index (χ3v) is 2.62. The Bertz CT molecular complexity index is 533. The summed E-state index contributed by atoms with van der Waals surface area (Å²) in [6, 6.07) is 5.41. The SMILES string of the molecule is O=c1onc(-c2ccccn2)n1CCCCCO. The fourth-order valence-corrected chi connectivity index (χ4v) is 1.70. The molecule has 6 nitrogen and oxygen atoms in total. The maximum Gasteiger partial charge on any atom is 0.441 e. The first-order valence-electron chi connectivity index (χ1n) is 5.91. The summed E-state index contributed by atoms with van der Waals surface area (Å²) < 4.78 is 6.15. The highest BCUT2D eigenvalue weighted by molar-refractivity contribution is 5.47. The fraction of sp³-hybridized carbons (Fsp3) is 0.417. The number of aliphatic hydroxyl groups is 1. The van der Waals surface area contributed by atoms with E-state index < -0.39 is 5.76 Å². The zero-order chi connectivity index (χ0) is 12.8. The first-order chi connectivity index (χ1) is 8.83. The standard InChI is InChI=1S/C12H15N3O3/c16-9-5-1-4-8-15-11(14-18-12(15)17)10-6-2-3-7-13-10/h2-3,6-7,16H,1,4-5,8-9H2. The zero-order valence-electron chi connectivity index (χ0n) is 9.95. The molecule has 0 aromatic carbocycles. The van der Waals surface area contributed by atoms with Crippen LogP contribution in [0.1, 0.15) is 19.3 Å². The summed E-state index contributed by atoms with van der Waals surface area (Å²) in [6.07, 6.45) is 4.03. The molecule has 0 atom stereocenters. The van der Waals surface area contributed by atoms with E-state index >= 15 is 0 Å². The van der Waals surface area contributed by atoms with Crippen molar-refractivity contribution in [2.75, 3.05) is 6.61 Å². The van der Waals surface area contributed by atoms with Crippen molar-refractivity contribution in [1.82, 2.24) is 14.7 Å². The molecule has 0 unspecified atom stereocenters. The van der Waals surface area contributed by atoms with Gasteiger partial charge < -0.3 is 5.11 Å². The number of unbranched alkanes of at least 4 members (excludes halogenated alkanes) is 2. The molecule has 0 aliphatic carbocycles. The number of aromatic nitrogens is 3. The molecular formula is C12H15N3O3. The highest BCUT2D eigenvalue weighted by Gasteiger charge is 2.12. The van der Waals surface area contributed by atoms with Crippen LogP contribution in [0.4, 0.5) is 0 Å². The van der Waals surface area contributed by atoms with Gasteiger partial charge in [-0.2, -0.15) is 0 Å². The summed E-state index contributed by atoms with van der Waals surface area (Å²) in [5.41, 5.74) is 0.616. The summed E-state index contributed by atoms with van der Waals surface area (Å²) in [7, 11) is 0. The Morgan fingerprint density at radius 1 is 1.28 bits per heavy atom. The lowest BCUT2D eigenvalue weighted by Crippen LogP contribution is -2.16. The monoisotopic (exact) mass is 249 g/mol. The van der Waals surface area contributed by atoms with Crippen LogP contribution in [0.3, 0.4) is 0 Å². The van der Waals surface area contributed by atoms with E-state index in [9.17, 15) is 4.79 Å². The summed E-state index contributed by atoms with van der Waals surface area (Å²) >= 11 is 0. The van der Waals surface area contributed by atoms with Gasteiger partial charge in [0.15, 0.2) is 0 Å². The molecule has 0 fully saturated rings. The Morgan fingerprint density at radius 3 is 2.89 bits per heavy atom. The van der Waals surface area contributed by atoms with Crippen molar-refractivity contribution < 1.29 is 9.63 Å². The molecule has 0 saturated heterocycles. The average Bonchev–Trinajstić information content (AvgIpc) is 2.77. The number of hydrogen-bond acceptors (Lipinski definition) is 5. The smallest absolute Gasteiger partial charge is 0.396 e. The second-order valence-corrected chi connectivity index (χ2v) is 3.92. The van der Waals surface area contributed by atoms with Gasteiger partial charge in [0, 0.05) is 19.3 Å². The molecule has 2 aromatic heterocycles. The molecular weight excluding hydrogens is 234 g/mol. The molecule has 18 heavy (non-hydrogen) atoms. The zero-order valence-corrected chi connectivity index (χ0v) is 9.95. The van der Waals surface area contributed by atoms with E-state index in [0.717, 1.165) is 19.3 Å². The van der Waals surface area contributed by atoms with E-state index in [-0.39, 0.29) is 6.61 Å². The number of hydrogen-bond donors (Lipinski definition) is 1. The van der Waals surface area contributed by atoms with Gasteiger partial charge >= 0.3 is 5.76 Å². The molecule has 0 aliphatic heterocycles. The quantitative estimate of drug-likeness (QED) is 0.774. The van der Waals surface area contributed by atoms with E-state index in [1.807, 2.05) is 6.07 Å². The van der Waals surface area contributed by atoms with E-state index in [1.165, 1.54) is 4.57 Å². The van der Waals surface area contributed by atoms with Crippen molar-refractivity contribution in [3.8, 4) is 11.5 Å². The van der Waals surface area contributed by atoms with Gasteiger partial charge in [0.25, 0.3) is 0 Å². The minimum atomic E-state index is -0.473. The Labute approximate surface area is 104 Å². The maximum absolute atomic E-state index is 11.5. The van der Waals surface area contributed by atoms with Crippen LogP contribution in [0.2, 0.25) is 0 Å². The highest BCUT2D eigenvalue weighted by atomic mass is 16.5. The van der Waals surface area contributed by atoms with E-state index in [2.05, 4.69) is 14.7 Å². The van der Waals surface area contributed by atoms with Gasteiger partial charge in [-0.15, -0.1) is 0 Å². The van der Waals surface area contributed by atoms with Crippen LogP contribution < -0.4 is 5.76 Å². The van der Waals surface area contributed by atoms with Crippen molar-refractivity contribution in [3.63, 3.8) is 0 Å². The Hall–Kier alpha value is -1.95. The third-order valence-electron chi connectivity index (χ3n) is 2.62. The predicted molar refractivity (Wildman–Crippen MR) is 64.9 cm³/mol. The molecule has 2 aromatic rings. The van der Waals surface area contributed by atoms with Crippen LogP contribution in [0.15, 0.2) is 33.7 Å². The van der Waals surface area contributed by atoms with Gasteiger partial charge in [-0.25, -0.2) is 4.79 Å². The van der Waals surface area contributed by atoms with Gasteiger partial charge in [-0.3, -0.25) is 14.1 Å². The van der Waals surface area contributed by atoms with Crippen LogP contribution in [-0.2, 0) is 6.54 Å². The molecule has 0 aliphatic rings. The van der Waals surface area contributed by atoms with Crippen molar-refractivity contribution in [3.05, 3.63) is 34.9 Å². The lowest BCUT2D eigenvalue weighted by Gasteiger charge is -2.03. The minimum absolute atomic E-state index is 0.172. The molecule has 0 spiro atoms. The summed E-state index contributed by atoms with van der Waals surface area (Å²) in [5.74, 6) is -0.0238. The molecule has 0 bridgehead atoms. The Balaban J connectivity index is 2.15. The van der Waals surface area contributed by atoms with E-state index in [0.29, 0.717) is 18.1 Å². The summed E-state index contributed by atoms with van der Waals surface area (Å²) in [6.45, 7) is 0.694. The molecule has 0 saturated carbocycles. The van der Waals surface area contributed by atoms with Crippen LogP contribution in [0, 0.1) is 0 Å². The molecule has 2 heterocycles. The van der Waals surface area contributed by atoms with Crippen molar-refractivity contribution >= 4 is 0 Å². The van der Waals surface area contributed by atoms with E-state index in [4.69, 9.17) is 5.11 Å². The third kappa shape index (κ3) is 2.84. The lowest BCUT2D eigenvalue weighted by atomic mass is 10.2. The second-order valence-electron chi connectivity index (χ2n) is 3.92. The van der Waals surface area contributed by atoms with Crippen molar-refractivity contribution in [1.29, 1.82) is 0 Å². The van der Waals surface area contributed by atoms with Crippen LogP contribution >= 0.6 is 0 Å². The van der Waals surface area contributed by atoms with Crippen molar-refractivity contribution in [2.24, 2.45) is 0 Å². The van der Waals surface area contributed by atoms with Gasteiger partial charge in [0.2, 0.25) is 5.82 Å². The normalized spacial score (nSPS) is 10.7. The molecule has 1 N–H and O–H groups in total. The first-order valence-corrected chi connectivity index (χ1v) is 5.91. The Morgan fingerprint density at radius 2 is 2.17 bits per heavy atom. The van der Waals surface area contributed by atoms with Gasteiger partial charge in [-0.1, -0.05) is 11.2 Å². The second kappa shape index (κ2) is 6.11. The van der Waals surface area contributed by atoms with E-state index in [1.54, 1.807) is 18.3 Å². The van der Waals surface area contributed by atoms with Crippen LogP contribution in [0.5, 0.6) is 0 Å². The molecule has 0 radical (unpaired) electrons. The number of aliphatic hydroxyl groups excluding tert-OH is 1.